The van der Waals surface area contributed by atoms with Gasteiger partial charge in [0.05, 0.1) is 11.3 Å². The number of carbonyl (C=O) groups excluding carboxylic acids is 1. The maximum absolute atomic E-state index is 13.0. The van der Waals surface area contributed by atoms with Crippen LogP contribution in [0.15, 0.2) is 42.5 Å². The zero-order valence-corrected chi connectivity index (χ0v) is 18.4. The number of hydrogen-bond donors (Lipinski definition) is 2. The van der Waals surface area contributed by atoms with Crippen molar-refractivity contribution in [2.24, 2.45) is 5.41 Å². The van der Waals surface area contributed by atoms with E-state index in [0.717, 1.165) is 17.1 Å². The predicted molar refractivity (Wildman–Crippen MR) is 122 cm³/mol. The van der Waals surface area contributed by atoms with Gasteiger partial charge in [0.1, 0.15) is 5.82 Å². The van der Waals surface area contributed by atoms with Gasteiger partial charge < -0.3 is 10.6 Å². The summed E-state index contributed by atoms with van der Waals surface area (Å²) in [6.45, 7) is 8.34. The number of Topliss-reactive ketones (excluding diaryl/α,β-unsaturated/α-hetero) is 1. The fourth-order valence-electron chi connectivity index (χ4n) is 3.76. The van der Waals surface area contributed by atoms with Gasteiger partial charge in [-0.15, -0.1) is 0 Å². The quantitative estimate of drug-likeness (QED) is 0.511. The third-order valence-electron chi connectivity index (χ3n) is 5.40. The Hall–Kier alpha value is -2.92. The van der Waals surface area contributed by atoms with Crippen LogP contribution in [-0.4, -0.2) is 15.8 Å². The van der Waals surface area contributed by atoms with Gasteiger partial charge >= 0.3 is 0 Å². The Labute approximate surface area is 181 Å². The highest BCUT2D eigenvalue weighted by molar-refractivity contribution is 6.30. The second kappa shape index (κ2) is 7.73. The van der Waals surface area contributed by atoms with Crippen molar-refractivity contribution in [1.82, 2.24) is 9.97 Å². The lowest BCUT2D eigenvalue weighted by molar-refractivity contribution is 0.0911. The molecule has 0 fully saturated rings. The van der Waals surface area contributed by atoms with Crippen LogP contribution >= 0.6 is 11.6 Å². The molecule has 0 spiro atoms. The minimum atomic E-state index is -0.135. The van der Waals surface area contributed by atoms with Gasteiger partial charge in [-0.1, -0.05) is 37.6 Å². The van der Waals surface area contributed by atoms with Gasteiger partial charge in [0.25, 0.3) is 0 Å². The van der Waals surface area contributed by atoms with Crippen LogP contribution in [0.1, 0.15) is 47.4 Å². The first-order valence-corrected chi connectivity index (χ1v) is 10.4. The SMILES string of the molecule is Cc1ccc(Nc2nc3c(c(Nc4cccc(Cl)c4)n2)C(=O)CC(C)(C)C3)cc1C. The molecule has 1 aliphatic carbocycles. The largest absolute Gasteiger partial charge is 0.339 e. The summed E-state index contributed by atoms with van der Waals surface area (Å²) in [7, 11) is 0. The highest BCUT2D eigenvalue weighted by Crippen LogP contribution is 2.38. The number of fused-ring (bicyclic) bond motifs is 1. The Balaban J connectivity index is 1.77. The molecule has 0 atom stereocenters. The molecule has 0 saturated heterocycles. The van der Waals surface area contributed by atoms with Crippen LogP contribution in [0.5, 0.6) is 0 Å². The van der Waals surface area contributed by atoms with E-state index in [0.29, 0.717) is 35.2 Å². The molecule has 1 aliphatic rings. The molecule has 0 aliphatic heterocycles. The van der Waals surface area contributed by atoms with E-state index in [1.165, 1.54) is 11.1 Å². The molecule has 0 bridgehead atoms. The molecular weight excluding hydrogens is 396 g/mol. The average molecular weight is 421 g/mol. The number of aryl methyl sites for hydroxylation is 2. The fraction of sp³-hybridized carbons (Fsp3) is 0.292. The van der Waals surface area contributed by atoms with Crippen molar-refractivity contribution in [3.63, 3.8) is 0 Å². The number of nitrogens with zero attached hydrogens (tertiary/aromatic N) is 2. The Morgan fingerprint density at radius 1 is 0.933 bits per heavy atom. The van der Waals surface area contributed by atoms with E-state index < -0.39 is 0 Å². The summed E-state index contributed by atoms with van der Waals surface area (Å²) in [5.74, 6) is 1.03. The van der Waals surface area contributed by atoms with Crippen molar-refractivity contribution in [1.29, 1.82) is 0 Å². The normalized spacial score (nSPS) is 14.9. The Bertz CT molecular complexity index is 1140. The molecule has 2 N–H and O–H groups in total. The third-order valence-corrected chi connectivity index (χ3v) is 5.63. The van der Waals surface area contributed by atoms with E-state index >= 15 is 0 Å². The predicted octanol–water partition coefficient (Wildman–Crippen LogP) is 6.39. The lowest BCUT2D eigenvalue weighted by atomic mass is 9.75. The summed E-state index contributed by atoms with van der Waals surface area (Å²) < 4.78 is 0. The number of nitrogens with one attached hydrogen (secondary N) is 2. The van der Waals surface area contributed by atoms with Gasteiger partial charge in [-0.2, -0.15) is 4.98 Å². The highest BCUT2D eigenvalue weighted by atomic mass is 35.5. The van der Waals surface area contributed by atoms with Crippen molar-refractivity contribution in [2.75, 3.05) is 10.6 Å². The lowest BCUT2D eigenvalue weighted by Crippen LogP contribution is -2.29. The molecule has 4 rings (SSSR count). The summed E-state index contributed by atoms with van der Waals surface area (Å²) in [5, 5.41) is 7.20. The molecular formula is C24H25ClN4O. The summed E-state index contributed by atoms with van der Waals surface area (Å²) in [6.07, 6.45) is 1.18. The Morgan fingerprint density at radius 3 is 2.43 bits per heavy atom. The summed E-state index contributed by atoms with van der Waals surface area (Å²) in [4.78, 5) is 22.3. The molecule has 0 amide bonds. The van der Waals surface area contributed by atoms with Crippen LogP contribution in [0.2, 0.25) is 5.02 Å². The Morgan fingerprint density at radius 2 is 1.70 bits per heavy atom. The number of carbonyl (C=O) groups is 1. The number of hydrogen-bond acceptors (Lipinski definition) is 5. The number of benzene rings is 2. The summed E-state index contributed by atoms with van der Waals surface area (Å²) in [5.41, 5.74) is 5.30. The number of anilines is 4. The van der Waals surface area contributed by atoms with Crippen molar-refractivity contribution in [2.45, 2.75) is 40.5 Å². The molecule has 3 aromatic rings. The van der Waals surface area contributed by atoms with Crippen molar-refractivity contribution in [3.05, 3.63) is 69.9 Å². The molecule has 5 nitrogen and oxygen atoms in total. The number of aromatic nitrogens is 2. The number of halogens is 1. The van der Waals surface area contributed by atoms with Gasteiger partial charge in [-0.25, -0.2) is 4.98 Å². The maximum Gasteiger partial charge on any atom is 0.229 e. The second-order valence-corrected chi connectivity index (χ2v) is 9.15. The van der Waals surface area contributed by atoms with Crippen LogP contribution in [0.25, 0.3) is 0 Å². The zero-order chi connectivity index (χ0) is 21.5. The first kappa shape index (κ1) is 20.4. The fourth-order valence-corrected chi connectivity index (χ4v) is 3.95. The number of ketones is 1. The van der Waals surface area contributed by atoms with Crippen LogP contribution < -0.4 is 10.6 Å². The molecule has 154 valence electrons. The molecule has 2 aromatic carbocycles. The molecule has 0 saturated carbocycles. The van der Waals surface area contributed by atoms with Crippen molar-refractivity contribution < 1.29 is 4.79 Å². The first-order chi connectivity index (χ1) is 14.2. The maximum atomic E-state index is 13.0. The highest BCUT2D eigenvalue weighted by Gasteiger charge is 2.35. The van der Waals surface area contributed by atoms with E-state index in [-0.39, 0.29) is 11.2 Å². The van der Waals surface area contributed by atoms with Gasteiger partial charge in [-0.05, 0) is 67.1 Å². The minimum absolute atomic E-state index is 0.0588. The second-order valence-electron chi connectivity index (χ2n) is 8.72. The van der Waals surface area contributed by atoms with E-state index in [1.54, 1.807) is 0 Å². The van der Waals surface area contributed by atoms with E-state index in [9.17, 15) is 4.79 Å². The molecule has 30 heavy (non-hydrogen) atoms. The van der Waals surface area contributed by atoms with E-state index in [1.807, 2.05) is 30.3 Å². The molecule has 6 heteroatoms. The van der Waals surface area contributed by atoms with E-state index in [2.05, 4.69) is 55.4 Å². The van der Waals surface area contributed by atoms with Crippen LogP contribution in [0.4, 0.5) is 23.1 Å². The summed E-state index contributed by atoms with van der Waals surface area (Å²) >= 11 is 6.13. The van der Waals surface area contributed by atoms with Gasteiger partial charge in [0, 0.05) is 22.8 Å². The third kappa shape index (κ3) is 4.31. The van der Waals surface area contributed by atoms with Gasteiger partial charge in [0.2, 0.25) is 5.95 Å². The first-order valence-electron chi connectivity index (χ1n) is 10.0. The van der Waals surface area contributed by atoms with Crippen molar-refractivity contribution >= 4 is 40.5 Å². The zero-order valence-electron chi connectivity index (χ0n) is 17.6. The molecule has 0 radical (unpaired) electrons. The topological polar surface area (TPSA) is 66.9 Å². The standard InChI is InChI=1S/C24H25ClN4O/c1-14-8-9-18(10-15(14)2)27-23-28-19-12-24(3,4)13-20(30)21(19)22(29-23)26-17-7-5-6-16(25)11-17/h5-11H,12-13H2,1-4H3,(H2,26,27,28,29). The van der Waals surface area contributed by atoms with Crippen LogP contribution in [0.3, 0.4) is 0 Å². The number of rotatable bonds is 4. The Kier molecular flexibility index (Phi) is 5.24. The smallest absolute Gasteiger partial charge is 0.229 e. The van der Waals surface area contributed by atoms with Crippen molar-refractivity contribution in [3.8, 4) is 0 Å². The molecule has 1 heterocycles. The molecule has 1 aromatic heterocycles. The molecule has 0 unspecified atom stereocenters. The van der Waals surface area contributed by atoms with Crippen LogP contribution in [-0.2, 0) is 6.42 Å². The average Bonchev–Trinajstić information content (AvgIpc) is 2.63. The van der Waals surface area contributed by atoms with Crippen LogP contribution in [0, 0.1) is 19.3 Å². The van der Waals surface area contributed by atoms with Gasteiger partial charge in [0.15, 0.2) is 5.78 Å². The summed E-state index contributed by atoms with van der Waals surface area (Å²) in [6, 6.07) is 13.5. The minimum Gasteiger partial charge on any atom is -0.339 e. The van der Waals surface area contributed by atoms with Gasteiger partial charge in [-0.3, -0.25) is 4.79 Å². The van der Waals surface area contributed by atoms with E-state index in [4.69, 9.17) is 16.6 Å². The monoisotopic (exact) mass is 420 g/mol. The lowest BCUT2D eigenvalue weighted by Gasteiger charge is -2.30.